The molecular formula is C8H19NSi. The number of nitrogens with one attached hydrogen (secondary N) is 1. The predicted molar refractivity (Wildman–Crippen MR) is 48.7 cm³/mol. The lowest BCUT2D eigenvalue weighted by molar-refractivity contribution is 0.397. The van der Waals surface area contributed by atoms with Gasteiger partial charge in [-0.25, -0.2) is 0 Å². The van der Waals surface area contributed by atoms with Gasteiger partial charge in [-0.2, -0.15) is 0 Å². The van der Waals surface area contributed by atoms with E-state index in [2.05, 4.69) is 31.9 Å². The van der Waals surface area contributed by atoms with Crippen LogP contribution in [0.15, 0.2) is 0 Å². The summed E-state index contributed by atoms with van der Waals surface area (Å²) in [5.74, 6) is 0. The molecule has 0 bridgehead atoms. The largest absolute Gasteiger partial charge is 0.332 e. The van der Waals surface area contributed by atoms with E-state index in [9.17, 15) is 0 Å². The second kappa shape index (κ2) is 2.34. The first-order valence-electron chi connectivity index (χ1n) is 4.21. The van der Waals surface area contributed by atoms with Crippen LogP contribution in [0.4, 0.5) is 0 Å². The van der Waals surface area contributed by atoms with Crippen molar-refractivity contribution in [2.45, 2.75) is 51.4 Å². The van der Waals surface area contributed by atoms with Crippen molar-refractivity contribution in [3.8, 4) is 0 Å². The van der Waals surface area contributed by atoms with Gasteiger partial charge in [0.05, 0.1) is 0 Å². The van der Waals surface area contributed by atoms with Gasteiger partial charge in [-0.15, -0.1) is 0 Å². The van der Waals surface area contributed by atoms with E-state index < -0.39 is 8.24 Å². The third kappa shape index (κ3) is 2.10. The Morgan fingerprint density at radius 2 is 1.90 bits per heavy atom. The molecule has 0 saturated carbocycles. The normalized spacial score (nSPS) is 30.0. The highest BCUT2D eigenvalue weighted by atomic mass is 28.3. The molecule has 0 aromatic carbocycles. The van der Waals surface area contributed by atoms with Gasteiger partial charge >= 0.3 is 0 Å². The topological polar surface area (TPSA) is 12.0 Å². The van der Waals surface area contributed by atoms with Crippen molar-refractivity contribution in [2.24, 2.45) is 0 Å². The van der Waals surface area contributed by atoms with Crippen molar-refractivity contribution in [3.63, 3.8) is 0 Å². The maximum Gasteiger partial charge on any atom is 0.119 e. The van der Waals surface area contributed by atoms with Crippen molar-refractivity contribution in [2.75, 3.05) is 0 Å². The van der Waals surface area contributed by atoms with Gasteiger partial charge in [-0.05, 0) is 26.3 Å². The summed E-state index contributed by atoms with van der Waals surface area (Å²) in [7, 11) is -0.976. The van der Waals surface area contributed by atoms with E-state index in [1.54, 1.807) is 0 Å². The summed E-state index contributed by atoms with van der Waals surface area (Å²) in [6.45, 7) is 9.49. The molecule has 1 aliphatic heterocycles. The van der Waals surface area contributed by atoms with Crippen LogP contribution in [0.3, 0.4) is 0 Å². The molecule has 0 aliphatic carbocycles. The molecule has 1 saturated heterocycles. The molecule has 60 valence electrons. The summed E-state index contributed by atoms with van der Waals surface area (Å²) < 4.78 is 0. The van der Waals surface area contributed by atoms with Crippen molar-refractivity contribution < 1.29 is 0 Å². The van der Waals surface area contributed by atoms with Gasteiger partial charge in [-0.3, -0.25) is 0 Å². The van der Waals surface area contributed by atoms with Crippen LogP contribution in [0.25, 0.3) is 0 Å². The Morgan fingerprint density at radius 1 is 1.30 bits per heavy atom. The van der Waals surface area contributed by atoms with Crippen molar-refractivity contribution in [3.05, 3.63) is 0 Å². The van der Waals surface area contributed by atoms with Crippen LogP contribution in [0.5, 0.6) is 0 Å². The Kier molecular flexibility index (Phi) is 1.94. The Bertz CT molecular complexity index is 115. The van der Waals surface area contributed by atoms with E-state index in [4.69, 9.17) is 0 Å². The predicted octanol–water partition coefficient (Wildman–Crippen LogP) is 2.35. The maximum absolute atomic E-state index is 3.77. The van der Waals surface area contributed by atoms with Gasteiger partial charge in [0, 0.05) is 5.54 Å². The molecule has 1 nitrogen and oxygen atoms in total. The zero-order valence-electron chi connectivity index (χ0n) is 7.62. The van der Waals surface area contributed by atoms with Gasteiger partial charge in [0.15, 0.2) is 0 Å². The van der Waals surface area contributed by atoms with E-state index in [0.29, 0.717) is 5.54 Å². The Labute approximate surface area is 65.3 Å². The molecule has 0 atom stereocenters. The van der Waals surface area contributed by atoms with Crippen LogP contribution >= 0.6 is 0 Å². The minimum Gasteiger partial charge on any atom is -0.332 e. The number of hydrogen-bond acceptors (Lipinski definition) is 1. The quantitative estimate of drug-likeness (QED) is 0.532. The van der Waals surface area contributed by atoms with Crippen molar-refractivity contribution in [1.29, 1.82) is 0 Å². The molecule has 1 N–H and O–H groups in total. The molecule has 1 heterocycles. The highest BCUT2D eigenvalue weighted by molar-refractivity contribution is 6.75. The monoisotopic (exact) mass is 157 g/mol. The third-order valence-corrected chi connectivity index (χ3v) is 5.24. The lowest BCUT2D eigenvalue weighted by Gasteiger charge is -2.41. The van der Waals surface area contributed by atoms with Gasteiger partial charge in [0.25, 0.3) is 0 Å². The second-order valence-electron chi connectivity index (χ2n) is 4.75. The number of rotatable bonds is 0. The molecule has 0 amide bonds. The molecular weight excluding hydrogens is 138 g/mol. The fourth-order valence-corrected chi connectivity index (χ4v) is 5.16. The standard InChI is InChI=1S/C8H19NSi/c1-8(2)6-5-7-10(3,4)9-8/h9H,5-7H2,1-4H3. The Hall–Kier alpha value is 0.177. The van der Waals surface area contributed by atoms with Gasteiger partial charge < -0.3 is 4.98 Å². The second-order valence-corrected chi connectivity index (χ2v) is 9.26. The smallest absolute Gasteiger partial charge is 0.119 e. The van der Waals surface area contributed by atoms with E-state index in [1.165, 1.54) is 18.9 Å². The molecule has 0 aromatic rings. The third-order valence-electron chi connectivity index (χ3n) is 2.28. The van der Waals surface area contributed by atoms with Gasteiger partial charge in [-0.1, -0.05) is 19.5 Å². The summed E-state index contributed by atoms with van der Waals surface area (Å²) in [5.41, 5.74) is 0.425. The lowest BCUT2D eigenvalue weighted by Crippen LogP contribution is -2.58. The first kappa shape index (κ1) is 8.28. The van der Waals surface area contributed by atoms with E-state index in [0.717, 1.165) is 0 Å². The van der Waals surface area contributed by atoms with Crippen LogP contribution in [0.1, 0.15) is 26.7 Å². The molecule has 10 heavy (non-hydrogen) atoms. The van der Waals surface area contributed by atoms with Crippen molar-refractivity contribution >= 4 is 8.24 Å². The highest BCUT2D eigenvalue weighted by Gasteiger charge is 2.33. The van der Waals surface area contributed by atoms with Gasteiger partial charge in [0.2, 0.25) is 0 Å². The summed E-state index contributed by atoms with van der Waals surface area (Å²) >= 11 is 0. The molecule has 1 aliphatic rings. The van der Waals surface area contributed by atoms with E-state index in [1.807, 2.05) is 0 Å². The Balaban J connectivity index is 2.56. The maximum atomic E-state index is 3.77. The first-order chi connectivity index (χ1) is 4.41. The van der Waals surface area contributed by atoms with Gasteiger partial charge in [0.1, 0.15) is 8.24 Å². The minimum atomic E-state index is -0.976. The lowest BCUT2D eigenvalue weighted by atomic mass is 10.0. The average molecular weight is 157 g/mol. The Morgan fingerprint density at radius 3 is 2.20 bits per heavy atom. The van der Waals surface area contributed by atoms with E-state index in [-0.39, 0.29) is 0 Å². The molecule has 1 fully saturated rings. The molecule has 2 heteroatoms. The first-order valence-corrected chi connectivity index (χ1v) is 7.41. The fourth-order valence-electron chi connectivity index (χ4n) is 2.01. The fraction of sp³-hybridized carbons (Fsp3) is 1.00. The zero-order chi connectivity index (χ0) is 7.83. The summed E-state index contributed by atoms with van der Waals surface area (Å²) in [4.78, 5) is 3.77. The molecule has 1 rings (SSSR count). The average Bonchev–Trinajstić information content (AvgIpc) is 1.56. The molecule has 0 spiro atoms. The SMILES string of the molecule is CC1(C)CCC[Si](C)(C)N1. The van der Waals surface area contributed by atoms with E-state index >= 15 is 0 Å². The molecule has 0 aromatic heterocycles. The molecule has 0 radical (unpaired) electrons. The summed E-state index contributed by atoms with van der Waals surface area (Å²) in [6, 6.07) is 1.45. The highest BCUT2D eigenvalue weighted by Crippen LogP contribution is 2.25. The number of hydrogen-bond donors (Lipinski definition) is 1. The molecule has 0 unspecified atom stereocenters. The summed E-state index contributed by atoms with van der Waals surface area (Å²) in [5, 5.41) is 0. The zero-order valence-corrected chi connectivity index (χ0v) is 8.62. The minimum absolute atomic E-state index is 0.425. The van der Waals surface area contributed by atoms with Crippen LogP contribution in [0.2, 0.25) is 19.1 Å². The van der Waals surface area contributed by atoms with Crippen LogP contribution in [0, 0.1) is 0 Å². The van der Waals surface area contributed by atoms with Crippen LogP contribution in [-0.4, -0.2) is 13.8 Å². The summed E-state index contributed by atoms with van der Waals surface area (Å²) in [6.07, 6.45) is 2.78. The van der Waals surface area contributed by atoms with Crippen molar-refractivity contribution in [1.82, 2.24) is 4.98 Å². The van der Waals surface area contributed by atoms with Crippen LogP contribution < -0.4 is 4.98 Å². The van der Waals surface area contributed by atoms with Crippen LogP contribution in [-0.2, 0) is 0 Å².